The summed E-state index contributed by atoms with van der Waals surface area (Å²) in [5.74, 6) is -0.0525. The van der Waals surface area contributed by atoms with Crippen LogP contribution < -0.4 is 9.47 Å². The molecule has 5 nitrogen and oxygen atoms in total. The number of hydrogen-bond acceptors (Lipinski definition) is 6. The molecule has 1 heterocycles. The number of aliphatic hydroxyl groups excluding tert-OH is 1. The van der Waals surface area contributed by atoms with Gasteiger partial charge in [-0.2, -0.15) is 0 Å². The Hall–Kier alpha value is -1.87. The molecular formula is C10H7F3N2O3S. The van der Waals surface area contributed by atoms with Crippen molar-refractivity contribution in [2.75, 3.05) is 0 Å². The monoisotopic (exact) mass is 292 g/mol. The molecule has 1 aromatic carbocycles. The van der Waals surface area contributed by atoms with E-state index in [2.05, 4.69) is 14.9 Å². The zero-order valence-electron chi connectivity index (χ0n) is 9.22. The van der Waals surface area contributed by atoms with E-state index in [1.807, 2.05) is 0 Å². The van der Waals surface area contributed by atoms with Crippen molar-refractivity contribution in [1.29, 1.82) is 0 Å². The zero-order chi connectivity index (χ0) is 13.9. The molecule has 9 heteroatoms. The fourth-order valence-electron chi connectivity index (χ4n) is 1.15. The van der Waals surface area contributed by atoms with E-state index in [1.165, 1.54) is 12.1 Å². The number of hydrogen-bond donors (Lipinski definition) is 1. The Bertz CT molecular complexity index is 542. The van der Waals surface area contributed by atoms with Gasteiger partial charge in [-0.25, -0.2) is 0 Å². The first-order chi connectivity index (χ1) is 8.96. The van der Waals surface area contributed by atoms with Gasteiger partial charge in [0.05, 0.1) is 6.61 Å². The molecule has 0 spiro atoms. The molecule has 0 bridgehead atoms. The molecule has 0 fully saturated rings. The number of ether oxygens (including phenoxy) is 2. The van der Waals surface area contributed by atoms with Gasteiger partial charge in [0.1, 0.15) is 16.5 Å². The van der Waals surface area contributed by atoms with E-state index >= 15 is 0 Å². The Labute approximate surface area is 109 Å². The van der Waals surface area contributed by atoms with Crippen LogP contribution in [-0.2, 0) is 6.61 Å². The zero-order valence-corrected chi connectivity index (χ0v) is 10.0. The second-order valence-electron chi connectivity index (χ2n) is 3.24. The van der Waals surface area contributed by atoms with Crippen molar-refractivity contribution in [3.05, 3.63) is 29.3 Å². The Morgan fingerprint density at radius 3 is 2.26 bits per heavy atom. The predicted molar refractivity (Wildman–Crippen MR) is 59.0 cm³/mol. The van der Waals surface area contributed by atoms with Crippen LogP contribution in [0.4, 0.5) is 13.2 Å². The van der Waals surface area contributed by atoms with Gasteiger partial charge in [0.2, 0.25) is 0 Å². The van der Waals surface area contributed by atoms with Gasteiger partial charge in [-0.1, -0.05) is 16.4 Å². The summed E-state index contributed by atoms with van der Waals surface area (Å²) in [6, 6.07) is 4.86. The van der Waals surface area contributed by atoms with Crippen LogP contribution in [0, 0.1) is 0 Å². The lowest BCUT2D eigenvalue weighted by Gasteiger charge is -2.08. The van der Waals surface area contributed by atoms with Crippen LogP contribution in [0.15, 0.2) is 24.3 Å². The molecule has 0 saturated carbocycles. The van der Waals surface area contributed by atoms with Gasteiger partial charge in [0.25, 0.3) is 5.19 Å². The highest BCUT2D eigenvalue weighted by atomic mass is 32.1. The van der Waals surface area contributed by atoms with Crippen molar-refractivity contribution < 1.29 is 27.8 Å². The van der Waals surface area contributed by atoms with Crippen molar-refractivity contribution in [3.63, 3.8) is 0 Å². The first-order valence-corrected chi connectivity index (χ1v) is 5.75. The van der Waals surface area contributed by atoms with E-state index < -0.39 is 6.36 Å². The number of aliphatic hydroxyl groups is 1. The van der Waals surface area contributed by atoms with Crippen molar-refractivity contribution >= 4 is 11.3 Å². The van der Waals surface area contributed by atoms with Crippen molar-refractivity contribution in [2.24, 2.45) is 0 Å². The summed E-state index contributed by atoms with van der Waals surface area (Å²) in [6.07, 6.45) is -4.72. The average Bonchev–Trinajstić information content (AvgIpc) is 2.77. The van der Waals surface area contributed by atoms with E-state index in [0.717, 1.165) is 23.5 Å². The highest BCUT2D eigenvalue weighted by molar-refractivity contribution is 7.13. The third-order valence-electron chi connectivity index (χ3n) is 1.85. The van der Waals surface area contributed by atoms with Crippen LogP contribution in [0.3, 0.4) is 0 Å². The average molecular weight is 292 g/mol. The normalized spacial score (nSPS) is 11.4. The van der Waals surface area contributed by atoms with Gasteiger partial charge < -0.3 is 14.6 Å². The molecule has 0 atom stereocenters. The maximum absolute atomic E-state index is 11.9. The molecule has 0 aliphatic rings. The largest absolute Gasteiger partial charge is 0.573 e. The second-order valence-corrected chi connectivity index (χ2v) is 4.27. The summed E-state index contributed by atoms with van der Waals surface area (Å²) in [6.45, 7) is -0.251. The first-order valence-electron chi connectivity index (χ1n) is 4.93. The fraction of sp³-hybridized carbons (Fsp3) is 0.200. The van der Waals surface area contributed by atoms with Gasteiger partial charge in [-0.05, 0) is 24.3 Å². The molecule has 0 unspecified atom stereocenters. The molecule has 2 rings (SSSR count). The van der Waals surface area contributed by atoms with Crippen LogP contribution in [0.1, 0.15) is 5.01 Å². The first kappa shape index (κ1) is 13.6. The van der Waals surface area contributed by atoms with E-state index in [4.69, 9.17) is 9.84 Å². The highest BCUT2D eigenvalue weighted by Crippen LogP contribution is 2.28. The number of alkyl halides is 3. The highest BCUT2D eigenvalue weighted by Gasteiger charge is 2.30. The van der Waals surface area contributed by atoms with E-state index in [1.54, 1.807) is 0 Å². The Balaban J connectivity index is 2.02. The van der Waals surface area contributed by atoms with Crippen LogP contribution in [-0.4, -0.2) is 21.7 Å². The Morgan fingerprint density at radius 2 is 1.74 bits per heavy atom. The van der Waals surface area contributed by atoms with Crippen molar-refractivity contribution in [2.45, 2.75) is 13.0 Å². The van der Waals surface area contributed by atoms with Crippen LogP contribution in [0.5, 0.6) is 16.7 Å². The fourth-order valence-corrected chi connectivity index (χ4v) is 1.72. The van der Waals surface area contributed by atoms with Crippen molar-refractivity contribution in [1.82, 2.24) is 10.2 Å². The van der Waals surface area contributed by atoms with Gasteiger partial charge in [-0.3, -0.25) is 0 Å². The van der Waals surface area contributed by atoms with Gasteiger partial charge >= 0.3 is 6.36 Å². The predicted octanol–water partition coefficient (Wildman–Crippen LogP) is 2.72. The molecule has 0 radical (unpaired) electrons. The number of aromatic nitrogens is 2. The quantitative estimate of drug-likeness (QED) is 0.938. The maximum atomic E-state index is 11.9. The summed E-state index contributed by atoms with van der Waals surface area (Å²) in [4.78, 5) is 0. The lowest BCUT2D eigenvalue weighted by Crippen LogP contribution is -2.16. The van der Waals surface area contributed by atoms with E-state index in [0.29, 0.717) is 5.01 Å². The number of nitrogens with zero attached hydrogens (tertiary/aromatic N) is 2. The van der Waals surface area contributed by atoms with Crippen LogP contribution >= 0.6 is 11.3 Å². The third kappa shape index (κ3) is 4.07. The standard InChI is InChI=1S/C10H7F3N2O3S/c11-10(12,13)18-7-3-1-6(2-4-7)17-9-15-14-8(5-16)19-9/h1-4,16H,5H2. The number of benzene rings is 1. The summed E-state index contributed by atoms with van der Waals surface area (Å²) < 4.78 is 44.8. The Kier molecular flexibility index (Phi) is 3.86. The molecule has 102 valence electrons. The number of halogens is 3. The smallest absolute Gasteiger partial charge is 0.430 e. The van der Waals surface area contributed by atoms with Gasteiger partial charge in [0.15, 0.2) is 0 Å². The molecule has 0 saturated heterocycles. The topological polar surface area (TPSA) is 64.5 Å². The summed E-state index contributed by atoms with van der Waals surface area (Å²) >= 11 is 1.04. The summed E-state index contributed by atoms with van der Waals surface area (Å²) in [7, 11) is 0. The SMILES string of the molecule is OCc1nnc(Oc2ccc(OC(F)(F)F)cc2)s1. The molecule has 0 aliphatic carbocycles. The lowest BCUT2D eigenvalue weighted by atomic mass is 10.3. The molecule has 19 heavy (non-hydrogen) atoms. The minimum absolute atomic E-state index is 0.188. The lowest BCUT2D eigenvalue weighted by molar-refractivity contribution is -0.274. The summed E-state index contributed by atoms with van der Waals surface area (Å²) in [5.41, 5.74) is 0. The van der Waals surface area contributed by atoms with Gasteiger partial charge in [-0.15, -0.1) is 18.3 Å². The molecule has 1 N–H and O–H groups in total. The van der Waals surface area contributed by atoms with Gasteiger partial charge in [0, 0.05) is 0 Å². The second kappa shape index (κ2) is 5.41. The van der Waals surface area contributed by atoms with Crippen LogP contribution in [0.25, 0.3) is 0 Å². The molecule has 1 aromatic heterocycles. The van der Waals surface area contributed by atoms with E-state index in [-0.39, 0.29) is 23.3 Å². The minimum atomic E-state index is -4.72. The molecular weight excluding hydrogens is 285 g/mol. The molecule has 0 amide bonds. The number of rotatable bonds is 4. The van der Waals surface area contributed by atoms with E-state index in [9.17, 15) is 13.2 Å². The Morgan fingerprint density at radius 1 is 1.11 bits per heavy atom. The summed E-state index contributed by atoms with van der Waals surface area (Å²) in [5, 5.41) is 16.6. The maximum Gasteiger partial charge on any atom is 0.573 e. The minimum Gasteiger partial charge on any atom is -0.430 e. The van der Waals surface area contributed by atoms with Crippen LogP contribution in [0.2, 0.25) is 0 Å². The van der Waals surface area contributed by atoms with Crippen molar-refractivity contribution in [3.8, 4) is 16.7 Å². The molecule has 0 aliphatic heterocycles. The third-order valence-corrected chi connectivity index (χ3v) is 2.63. The molecule has 2 aromatic rings.